The molecule has 4 nitrogen and oxygen atoms in total. The summed E-state index contributed by atoms with van der Waals surface area (Å²) in [5.41, 5.74) is 0. The van der Waals surface area contributed by atoms with Gasteiger partial charge in [-0.15, -0.1) is 0 Å². The van der Waals surface area contributed by atoms with E-state index in [9.17, 15) is 4.79 Å². The summed E-state index contributed by atoms with van der Waals surface area (Å²) in [6.07, 6.45) is 9.61. The average molecular weight is 285 g/mol. The fourth-order valence-corrected chi connectivity index (χ4v) is 1.91. The molecule has 0 saturated carbocycles. The van der Waals surface area contributed by atoms with E-state index in [1.807, 2.05) is 13.1 Å². The SMILES string of the molecule is CCCCCC/C=C/C(=O)N(C)CC[N+](C)(C)CCO. The molecule has 1 N–H and O–H groups in total. The Morgan fingerprint density at radius 1 is 1.20 bits per heavy atom. The smallest absolute Gasteiger partial charge is 0.246 e. The van der Waals surface area contributed by atoms with Gasteiger partial charge in [0.25, 0.3) is 0 Å². The van der Waals surface area contributed by atoms with Crippen LogP contribution in [0.1, 0.15) is 39.0 Å². The van der Waals surface area contributed by atoms with E-state index in [1.54, 1.807) is 11.0 Å². The van der Waals surface area contributed by atoms with E-state index >= 15 is 0 Å². The molecule has 0 fully saturated rings. The Morgan fingerprint density at radius 3 is 2.50 bits per heavy atom. The zero-order chi connectivity index (χ0) is 15.4. The van der Waals surface area contributed by atoms with Gasteiger partial charge >= 0.3 is 0 Å². The van der Waals surface area contributed by atoms with Crippen molar-refractivity contribution >= 4 is 5.91 Å². The summed E-state index contributed by atoms with van der Waals surface area (Å²) in [7, 11) is 5.97. The number of hydrogen-bond acceptors (Lipinski definition) is 2. The molecule has 0 atom stereocenters. The predicted molar refractivity (Wildman–Crippen MR) is 84.5 cm³/mol. The first-order valence-corrected chi connectivity index (χ1v) is 7.77. The van der Waals surface area contributed by atoms with Crippen molar-refractivity contribution in [3.05, 3.63) is 12.2 Å². The quantitative estimate of drug-likeness (QED) is 0.358. The zero-order valence-electron chi connectivity index (χ0n) is 13.8. The molecule has 0 radical (unpaired) electrons. The molecule has 0 aromatic heterocycles. The lowest BCUT2D eigenvalue weighted by molar-refractivity contribution is -0.889. The van der Waals surface area contributed by atoms with Gasteiger partial charge in [-0.3, -0.25) is 4.79 Å². The number of rotatable bonds is 11. The second-order valence-corrected chi connectivity index (χ2v) is 6.12. The third kappa shape index (κ3) is 9.98. The van der Waals surface area contributed by atoms with Gasteiger partial charge in [0.05, 0.1) is 33.8 Å². The highest BCUT2D eigenvalue weighted by Gasteiger charge is 2.16. The maximum atomic E-state index is 11.9. The second-order valence-electron chi connectivity index (χ2n) is 6.12. The lowest BCUT2D eigenvalue weighted by Gasteiger charge is -2.30. The number of allylic oxidation sites excluding steroid dienone is 1. The average Bonchev–Trinajstić information content (AvgIpc) is 2.39. The summed E-state index contributed by atoms with van der Waals surface area (Å²) >= 11 is 0. The Kier molecular flexibility index (Phi) is 10.4. The Labute approximate surface area is 124 Å². The Hall–Kier alpha value is -0.870. The van der Waals surface area contributed by atoms with Crippen LogP contribution in [0.15, 0.2) is 12.2 Å². The molecule has 118 valence electrons. The summed E-state index contributed by atoms with van der Waals surface area (Å²) < 4.78 is 0.731. The van der Waals surface area contributed by atoms with Gasteiger partial charge in [-0.05, 0) is 18.9 Å². The minimum atomic E-state index is 0.0736. The third-order valence-corrected chi connectivity index (χ3v) is 3.61. The van der Waals surface area contributed by atoms with Gasteiger partial charge in [-0.1, -0.05) is 32.3 Å². The highest BCUT2D eigenvalue weighted by molar-refractivity contribution is 5.87. The molecule has 0 aliphatic carbocycles. The lowest BCUT2D eigenvalue weighted by atomic mass is 10.1. The summed E-state index contributed by atoms with van der Waals surface area (Å²) in [6.45, 7) is 4.67. The van der Waals surface area contributed by atoms with E-state index in [-0.39, 0.29) is 12.5 Å². The van der Waals surface area contributed by atoms with Crippen LogP contribution >= 0.6 is 0 Å². The Bertz CT molecular complexity index is 288. The van der Waals surface area contributed by atoms with E-state index in [1.165, 1.54) is 25.7 Å². The van der Waals surface area contributed by atoms with Gasteiger partial charge in [0, 0.05) is 7.05 Å². The van der Waals surface area contributed by atoms with Crippen molar-refractivity contribution in [3.63, 3.8) is 0 Å². The van der Waals surface area contributed by atoms with Crippen LogP contribution in [-0.4, -0.2) is 67.8 Å². The van der Waals surface area contributed by atoms with Gasteiger partial charge in [-0.25, -0.2) is 0 Å². The number of amides is 1. The Morgan fingerprint density at radius 2 is 1.90 bits per heavy atom. The zero-order valence-corrected chi connectivity index (χ0v) is 13.8. The largest absolute Gasteiger partial charge is 0.391 e. The topological polar surface area (TPSA) is 40.5 Å². The van der Waals surface area contributed by atoms with Crippen molar-refractivity contribution in [1.29, 1.82) is 0 Å². The molecule has 0 aromatic carbocycles. The first-order chi connectivity index (χ1) is 9.43. The second kappa shape index (κ2) is 10.9. The van der Waals surface area contributed by atoms with Crippen molar-refractivity contribution < 1.29 is 14.4 Å². The number of aliphatic hydroxyl groups is 1. The maximum absolute atomic E-state index is 11.9. The van der Waals surface area contributed by atoms with E-state index < -0.39 is 0 Å². The summed E-state index contributed by atoms with van der Waals surface area (Å²) in [6, 6.07) is 0. The molecule has 20 heavy (non-hydrogen) atoms. The van der Waals surface area contributed by atoms with Crippen LogP contribution in [-0.2, 0) is 4.79 Å². The molecule has 4 heteroatoms. The van der Waals surface area contributed by atoms with Gasteiger partial charge in [-0.2, -0.15) is 0 Å². The number of aliphatic hydroxyl groups excluding tert-OH is 1. The fourth-order valence-electron chi connectivity index (χ4n) is 1.91. The van der Waals surface area contributed by atoms with Crippen LogP contribution in [0.3, 0.4) is 0 Å². The van der Waals surface area contributed by atoms with Crippen molar-refractivity contribution in [2.45, 2.75) is 39.0 Å². The summed E-state index contributed by atoms with van der Waals surface area (Å²) in [4.78, 5) is 13.6. The third-order valence-electron chi connectivity index (χ3n) is 3.61. The van der Waals surface area contributed by atoms with E-state index in [0.717, 1.165) is 24.0 Å². The minimum Gasteiger partial charge on any atom is -0.391 e. The number of hydrogen-bond donors (Lipinski definition) is 1. The summed E-state index contributed by atoms with van der Waals surface area (Å²) in [5, 5.41) is 8.97. The van der Waals surface area contributed by atoms with Crippen molar-refractivity contribution in [2.24, 2.45) is 0 Å². The molecule has 0 aliphatic rings. The molecule has 0 heterocycles. The van der Waals surface area contributed by atoms with Crippen LogP contribution in [0.2, 0.25) is 0 Å². The van der Waals surface area contributed by atoms with Crippen molar-refractivity contribution in [1.82, 2.24) is 4.90 Å². The van der Waals surface area contributed by atoms with Crippen LogP contribution in [0.4, 0.5) is 0 Å². The highest BCUT2D eigenvalue weighted by Crippen LogP contribution is 2.03. The van der Waals surface area contributed by atoms with E-state index in [4.69, 9.17) is 5.11 Å². The molecule has 0 saturated heterocycles. The molecule has 0 rings (SSSR count). The first kappa shape index (κ1) is 19.1. The molecular weight excluding hydrogens is 252 g/mol. The molecule has 0 bridgehead atoms. The van der Waals surface area contributed by atoms with Crippen molar-refractivity contribution in [3.8, 4) is 0 Å². The Balaban J connectivity index is 3.88. The van der Waals surface area contributed by atoms with Gasteiger partial charge in [0.1, 0.15) is 6.54 Å². The molecule has 0 aromatic rings. The normalized spacial score (nSPS) is 12.1. The van der Waals surface area contributed by atoms with Crippen LogP contribution in [0.5, 0.6) is 0 Å². The molecular formula is C16H33N2O2+. The van der Waals surface area contributed by atoms with Crippen LogP contribution < -0.4 is 0 Å². The van der Waals surface area contributed by atoms with Crippen LogP contribution in [0.25, 0.3) is 0 Å². The number of carbonyl (C=O) groups excluding carboxylic acids is 1. The highest BCUT2D eigenvalue weighted by atomic mass is 16.3. The minimum absolute atomic E-state index is 0.0736. The monoisotopic (exact) mass is 285 g/mol. The van der Waals surface area contributed by atoms with Crippen molar-refractivity contribution in [2.75, 3.05) is 47.4 Å². The predicted octanol–water partition coefficient (Wildman–Crippen LogP) is 2.04. The van der Waals surface area contributed by atoms with E-state index in [2.05, 4.69) is 21.0 Å². The number of nitrogens with zero attached hydrogens (tertiary/aromatic N) is 2. The van der Waals surface area contributed by atoms with Gasteiger partial charge in [0.15, 0.2) is 0 Å². The van der Waals surface area contributed by atoms with Crippen LogP contribution in [0, 0.1) is 0 Å². The number of quaternary nitrogens is 1. The number of carbonyl (C=O) groups is 1. The standard InChI is InChI=1S/C16H33N2O2/c1-5-6-7-8-9-10-11-16(20)17(2)12-13-18(3,4)14-15-19/h10-11,19H,5-9,12-15H2,1-4H3/q+1/b11-10+. The van der Waals surface area contributed by atoms with Gasteiger partial charge < -0.3 is 14.5 Å². The molecule has 0 unspecified atom stereocenters. The molecule has 1 amide bonds. The fraction of sp³-hybridized carbons (Fsp3) is 0.812. The van der Waals surface area contributed by atoms with Gasteiger partial charge in [0.2, 0.25) is 5.91 Å². The van der Waals surface area contributed by atoms with E-state index in [0.29, 0.717) is 6.54 Å². The first-order valence-electron chi connectivity index (χ1n) is 7.77. The molecule has 0 spiro atoms. The number of unbranched alkanes of at least 4 members (excludes halogenated alkanes) is 4. The molecule has 0 aliphatic heterocycles. The maximum Gasteiger partial charge on any atom is 0.246 e. The summed E-state index contributed by atoms with van der Waals surface area (Å²) in [5.74, 6) is 0.0736. The number of likely N-dealkylation sites (N-methyl/N-ethyl adjacent to an activating group) is 2. The lowest BCUT2D eigenvalue weighted by Crippen LogP contribution is -2.47.